The predicted octanol–water partition coefficient (Wildman–Crippen LogP) is 3.09. The zero-order valence-electron chi connectivity index (χ0n) is 11.1. The van der Waals surface area contributed by atoms with Gasteiger partial charge in [-0.2, -0.15) is 11.8 Å². The van der Waals surface area contributed by atoms with Gasteiger partial charge in [0.2, 0.25) is 0 Å². The predicted molar refractivity (Wildman–Crippen MR) is 76.7 cm³/mol. The molecule has 0 bridgehead atoms. The molecule has 0 saturated carbocycles. The number of hydrogen-bond donors (Lipinski definition) is 2. The molecular weight excluding hydrogens is 244 g/mol. The SMILES string of the molecule is CC(C)(O)c1cccc(C(O)C2CCSCC2)c1. The molecule has 1 heterocycles. The van der Waals surface area contributed by atoms with Crippen LogP contribution >= 0.6 is 11.8 Å². The summed E-state index contributed by atoms with van der Waals surface area (Å²) in [7, 11) is 0. The Kier molecular flexibility index (Phi) is 4.36. The fourth-order valence-electron chi connectivity index (χ4n) is 2.41. The first-order valence-corrected chi connectivity index (χ1v) is 7.72. The Balaban J connectivity index is 2.17. The van der Waals surface area contributed by atoms with Crippen LogP contribution in [-0.2, 0) is 5.60 Å². The highest BCUT2D eigenvalue weighted by molar-refractivity contribution is 7.99. The van der Waals surface area contributed by atoms with E-state index in [9.17, 15) is 10.2 Å². The molecule has 1 aliphatic heterocycles. The van der Waals surface area contributed by atoms with Crippen LogP contribution in [0.2, 0.25) is 0 Å². The summed E-state index contributed by atoms with van der Waals surface area (Å²) < 4.78 is 0. The van der Waals surface area contributed by atoms with Gasteiger partial charge in [-0.05, 0) is 55.2 Å². The van der Waals surface area contributed by atoms with Gasteiger partial charge >= 0.3 is 0 Å². The van der Waals surface area contributed by atoms with Gasteiger partial charge in [0.05, 0.1) is 11.7 Å². The number of rotatable bonds is 3. The van der Waals surface area contributed by atoms with Crippen molar-refractivity contribution in [2.24, 2.45) is 5.92 Å². The minimum absolute atomic E-state index is 0.364. The highest BCUT2D eigenvalue weighted by Crippen LogP contribution is 2.34. The van der Waals surface area contributed by atoms with E-state index < -0.39 is 11.7 Å². The average Bonchev–Trinajstić information content (AvgIpc) is 2.38. The Morgan fingerprint density at radius 3 is 2.56 bits per heavy atom. The Labute approximate surface area is 113 Å². The van der Waals surface area contributed by atoms with Crippen molar-refractivity contribution in [2.45, 2.75) is 38.4 Å². The largest absolute Gasteiger partial charge is 0.388 e. The highest BCUT2D eigenvalue weighted by atomic mass is 32.2. The summed E-state index contributed by atoms with van der Waals surface area (Å²) >= 11 is 1.97. The normalized spacial score (nSPS) is 19.8. The standard InChI is InChI=1S/C15H22O2S/c1-15(2,17)13-5-3-4-12(10-13)14(16)11-6-8-18-9-7-11/h3-5,10-11,14,16-17H,6-9H2,1-2H3. The van der Waals surface area contributed by atoms with Crippen molar-refractivity contribution >= 4 is 11.8 Å². The van der Waals surface area contributed by atoms with Crippen LogP contribution in [0.3, 0.4) is 0 Å². The monoisotopic (exact) mass is 266 g/mol. The van der Waals surface area contributed by atoms with E-state index >= 15 is 0 Å². The van der Waals surface area contributed by atoms with E-state index in [2.05, 4.69) is 0 Å². The minimum atomic E-state index is -0.849. The van der Waals surface area contributed by atoms with E-state index in [1.54, 1.807) is 13.8 Å². The van der Waals surface area contributed by atoms with Gasteiger partial charge in [0.1, 0.15) is 0 Å². The van der Waals surface area contributed by atoms with Gasteiger partial charge in [-0.15, -0.1) is 0 Å². The molecular formula is C15H22O2S. The van der Waals surface area contributed by atoms with E-state index in [-0.39, 0.29) is 0 Å². The first-order valence-electron chi connectivity index (χ1n) is 6.57. The van der Waals surface area contributed by atoms with Crippen LogP contribution < -0.4 is 0 Å². The molecule has 2 rings (SSSR count). The van der Waals surface area contributed by atoms with Crippen molar-refractivity contribution in [2.75, 3.05) is 11.5 Å². The lowest BCUT2D eigenvalue weighted by molar-refractivity contribution is 0.0770. The maximum Gasteiger partial charge on any atom is 0.0840 e. The zero-order valence-corrected chi connectivity index (χ0v) is 11.9. The van der Waals surface area contributed by atoms with Crippen molar-refractivity contribution in [3.8, 4) is 0 Å². The van der Waals surface area contributed by atoms with Crippen LogP contribution in [0.5, 0.6) is 0 Å². The van der Waals surface area contributed by atoms with E-state index in [1.165, 1.54) is 0 Å². The molecule has 100 valence electrons. The van der Waals surface area contributed by atoms with Gasteiger partial charge < -0.3 is 10.2 Å². The molecule has 0 spiro atoms. The van der Waals surface area contributed by atoms with Gasteiger partial charge in [-0.3, -0.25) is 0 Å². The molecule has 2 nitrogen and oxygen atoms in total. The molecule has 1 aromatic rings. The fourth-order valence-corrected chi connectivity index (χ4v) is 3.55. The van der Waals surface area contributed by atoms with Crippen LogP contribution in [0, 0.1) is 5.92 Å². The Morgan fingerprint density at radius 2 is 1.94 bits per heavy atom. The third-order valence-corrected chi connectivity index (χ3v) is 4.70. The van der Waals surface area contributed by atoms with Gasteiger partial charge in [0.25, 0.3) is 0 Å². The van der Waals surface area contributed by atoms with Crippen LogP contribution in [0.1, 0.15) is 43.9 Å². The molecule has 2 N–H and O–H groups in total. The van der Waals surface area contributed by atoms with Crippen molar-refractivity contribution < 1.29 is 10.2 Å². The van der Waals surface area contributed by atoms with Crippen LogP contribution in [0.15, 0.2) is 24.3 Å². The summed E-state index contributed by atoms with van der Waals surface area (Å²) in [4.78, 5) is 0. The fraction of sp³-hybridized carbons (Fsp3) is 0.600. The Hall–Kier alpha value is -0.510. The first kappa shape index (κ1) is 13.9. The van der Waals surface area contributed by atoms with Crippen LogP contribution in [0.25, 0.3) is 0 Å². The third-order valence-electron chi connectivity index (χ3n) is 3.65. The molecule has 1 atom stereocenters. The summed E-state index contributed by atoms with van der Waals surface area (Å²) in [5.41, 5.74) is 0.953. The number of benzene rings is 1. The van der Waals surface area contributed by atoms with Crippen molar-refractivity contribution in [3.63, 3.8) is 0 Å². The maximum absolute atomic E-state index is 10.4. The third kappa shape index (κ3) is 3.28. The first-order chi connectivity index (χ1) is 8.48. The van der Waals surface area contributed by atoms with E-state index in [1.807, 2.05) is 36.0 Å². The summed E-state index contributed by atoms with van der Waals surface area (Å²) in [6, 6.07) is 7.73. The number of aliphatic hydroxyl groups is 2. The second-order valence-electron chi connectivity index (χ2n) is 5.58. The minimum Gasteiger partial charge on any atom is -0.388 e. The molecule has 1 aliphatic rings. The smallest absolute Gasteiger partial charge is 0.0840 e. The molecule has 0 aromatic heterocycles. The van der Waals surface area contributed by atoms with Crippen molar-refractivity contribution in [1.29, 1.82) is 0 Å². The molecule has 1 unspecified atom stereocenters. The van der Waals surface area contributed by atoms with E-state index in [0.717, 1.165) is 35.5 Å². The molecule has 0 aliphatic carbocycles. The van der Waals surface area contributed by atoms with E-state index in [4.69, 9.17) is 0 Å². The Bertz CT molecular complexity index is 392. The number of hydrogen-bond acceptors (Lipinski definition) is 3. The molecule has 18 heavy (non-hydrogen) atoms. The number of aliphatic hydroxyl groups excluding tert-OH is 1. The molecule has 3 heteroatoms. The Morgan fingerprint density at radius 1 is 1.28 bits per heavy atom. The molecule has 1 fully saturated rings. The summed E-state index contributed by atoms with van der Waals surface area (Å²) in [5, 5.41) is 20.5. The van der Waals surface area contributed by atoms with Crippen LogP contribution in [-0.4, -0.2) is 21.7 Å². The van der Waals surface area contributed by atoms with Crippen molar-refractivity contribution in [1.82, 2.24) is 0 Å². The van der Waals surface area contributed by atoms with Gasteiger partial charge in [0.15, 0.2) is 0 Å². The van der Waals surface area contributed by atoms with Gasteiger partial charge in [0, 0.05) is 0 Å². The zero-order chi connectivity index (χ0) is 13.2. The maximum atomic E-state index is 10.4. The highest BCUT2D eigenvalue weighted by Gasteiger charge is 2.24. The lowest BCUT2D eigenvalue weighted by Crippen LogP contribution is -2.20. The molecule has 0 radical (unpaired) electrons. The number of thioether (sulfide) groups is 1. The van der Waals surface area contributed by atoms with E-state index in [0.29, 0.717) is 5.92 Å². The van der Waals surface area contributed by atoms with Crippen molar-refractivity contribution in [3.05, 3.63) is 35.4 Å². The summed E-state index contributed by atoms with van der Waals surface area (Å²) in [5.74, 6) is 2.66. The summed E-state index contributed by atoms with van der Waals surface area (Å²) in [6.07, 6.45) is 1.77. The second kappa shape index (κ2) is 5.64. The topological polar surface area (TPSA) is 40.5 Å². The average molecular weight is 266 g/mol. The molecule has 0 amide bonds. The lowest BCUT2D eigenvalue weighted by Gasteiger charge is -2.27. The quantitative estimate of drug-likeness (QED) is 0.883. The lowest BCUT2D eigenvalue weighted by atomic mass is 9.88. The second-order valence-corrected chi connectivity index (χ2v) is 6.80. The molecule has 1 aromatic carbocycles. The van der Waals surface area contributed by atoms with Gasteiger partial charge in [-0.1, -0.05) is 24.3 Å². The van der Waals surface area contributed by atoms with Gasteiger partial charge in [-0.25, -0.2) is 0 Å². The van der Waals surface area contributed by atoms with Crippen LogP contribution in [0.4, 0.5) is 0 Å². The summed E-state index contributed by atoms with van der Waals surface area (Å²) in [6.45, 7) is 3.55. The molecule has 1 saturated heterocycles.